The van der Waals surface area contributed by atoms with Gasteiger partial charge in [-0.15, -0.1) is 0 Å². The van der Waals surface area contributed by atoms with Crippen LogP contribution in [0.3, 0.4) is 0 Å². The summed E-state index contributed by atoms with van der Waals surface area (Å²) >= 11 is 0. The lowest BCUT2D eigenvalue weighted by atomic mass is 10.1. The Balaban J connectivity index is 1.87. The molecule has 0 aromatic heterocycles. The second kappa shape index (κ2) is 7.19. The maximum absolute atomic E-state index is 12.4. The summed E-state index contributed by atoms with van der Waals surface area (Å²) in [5.74, 6) is 1.04. The van der Waals surface area contributed by atoms with Crippen LogP contribution in [0.1, 0.15) is 16.7 Å². The van der Waals surface area contributed by atoms with Crippen molar-refractivity contribution < 1.29 is 19.0 Å². The minimum absolute atomic E-state index is 0.0239. The first-order valence-corrected chi connectivity index (χ1v) is 8.00. The van der Waals surface area contributed by atoms with E-state index in [0.717, 1.165) is 11.1 Å². The van der Waals surface area contributed by atoms with Gasteiger partial charge in [0.1, 0.15) is 11.6 Å². The number of nitriles is 1. The van der Waals surface area contributed by atoms with Gasteiger partial charge in [0.2, 0.25) is 12.5 Å². The molecule has 0 spiro atoms. The van der Waals surface area contributed by atoms with Gasteiger partial charge in [0.15, 0.2) is 11.5 Å². The predicted octanol–water partition coefficient (Wildman–Crippen LogP) is 3.59. The molecule has 6 nitrogen and oxygen atoms in total. The average molecular weight is 350 g/mol. The van der Waals surface area contributed by atoms with E-state index in [4.69, 9.17) is 14.2 Å². The van der Waals surface area contributed by atoms with Gasteiger partial charge in [-0.05, 0) is 60.9 Å². The maximum Gasteiger partial charge on any atom is 0.266 e. The Morgan fingerprint density at radius 1 is 1.23 bits per heavy atom. The van der Waals surface area contributed by atoms with Gasteiger partial charge in [0.25, 0.3) is 5.91 Å². The van der Waals surface area contributed by atoms with Crippen LogP contribution in [0.4, 0.5) is 5.69 Å². The number of nitrogens with zero attached hydrogens (tertiary/aromatic N) is 1. The number of aryl methyl sites for hydroxylation is 2. The van der Waals surface area contributed by atoms with Crippen molar-refractivity contribution in [3.8, 4) is 23.3 Å². The highest BCUT2D eigenvalue weighted by atomic mass is 16.7. The van der Waals surface area contributed by atoms with Crippen molar-refractivity contribution in [2.24, 2.45) is 0 Å². The fourth-order valence-corrected chi connectivity index (χ4v) is 2.57. The molecule has 2 aromatic rings. The molecule has 0 atom stereocenters. The van der Waals surface area contributed by atoms with E-state index in [-0.39, 0.29) is 12.4 Å². The van der Waals surface area contributed by atoms with Gasteiger partial charge in [-0.1, -0.05) is 6.07 Å². The van der Waals surface area contributed by atoms with Crippen molar-refractivity contribution in [2.45, 2.75) is 13.8 Å². The molecule has 2 aromatic carbocycles. The molecule has 0 aliphatic carbocycles. The molecule has 6 heteroatoms. The highest BCUT2D eigenvalue weighted by molar-refractivity contribution is 6.09. The van der Waals surface area contributed by atoms with E-state index in [1.807, 2.05) is 32.0 Å². The summed E-state index contributed by atoms with van der Waals surface area (Å²) in [6, 6.07) is 10.9. The Bertz CT molecular complexity index is 942. The normalized spacial score (nSPS) is 12.5. The number of fused-ring (bicyclic) bond motifs is 1. The zero-order valence-corrected chi connectivity index (χ0v) is 14.8. The van der Waals surface area contributed by atoms with Crippen molar-refractivity contribution in [1.82, 2.24) is 0 Å². The van der Waals surface area contributed by atoms with E-state index < -0.39 is 5.91 Å². The monoisotopic (exact) mass is 350 g/mol. The smallest absolute Gasteiger partial charge is 0.266 e. The standard InChI is InChI=1S/C20H18N2O4/c1-12-4-5-16(6-13(12)2)22-20(23)15(10-21)7-14-8-17(24-3)19-18(9-14)25-11-26-19/h4-9H,11H2,1-3H3,(H,22,23)/b15-7+. The van der Waals surface area contributed by atoms with Gasteiger partial charge in [0.05, 0.1) is 7.11 Å². The first kappa shape index (κ1) is 17.4. The summed E-state index contributed by atoms with van der Waals surface area (Å²) in [5, 5.41) is 12.1. The molecule has 26 heavy (non-hydrogen) atoms. The van der Waals surface area contributed by atoms with Crippen LogP contribution in [0.15, 0.2) is 35.9 Å². The number of methoxy groups -OCH3 is 1. The molecular formula is C20H18N2O4. The Kier molecular flexibility index (Phi) is 4.81. The predicted molar refractivity (Wildman–Crippen MR) is 97.3 cm³/mol. The van der Waals surface area contributed by atoms with Gasteiger partial charge in [-0.3, -0.25) is 4.79 Å². The van der Waals surface area contributed by atoms with E-state index in [0.29, 0.717) is 28.5 Å². The first-order chi connectivity index (χ1) is 12.5. The number of nitrogens with one attached hydrogen (secondary N) is 1. The highest BCUT2D eigenvalue weighted by Gasteiger charge is 2.20. The zero-order chi connectivity index (χ0) is 18.7. The fraction of sp³-hybridized carbons (Fsp3) is 0.200. The quantitative estimate of drug-likeness (QED) is 0.673. The number of anilines is 1. The van der Waals surface area contributed by atoms with Crippen molar-refractivity contribution in [3.63, 3.8) is 0 Å². The summed E-state index contributed by atoms with van der Waals surface area (Å²) in [7, 11) is 1.52. The van der Waals surface area contributed by atoms with Crippen LogP contribution in [-0.4, -0.2) is 19.8 Å². The second-order valence-corrected chi connectivity index (χ2v) is 5.88. The molecule has 1 heterocycles. The Morgan fingerprint density at radius 2 is 2.04 bits per heavy atom. The number of carbonyl (C=O) groups is 1. The molecule has 1 aliphatic rings. The molecular weight excluding hydrogens is 332 g/mol. The summed E-state index contributed by atoms with van der Waals surface area (Å²) in [5.41, 5.74) is 3.42. The number of benzene rings is 2. The van der Waals surface area contributed by atoms with Gasteiger partial charge in [-0.25, -0.2) is 0 Å². The average Bonchev–Trinajstić information content (AvgIpc) is 3.10. The van der Waals surface area contributed by atoms with Crippen LogP contribution in [0.2, 0.25) is 0 Å². The lowest BCUT2D eigenvalue weighted by Crippen LogP contribution is -2.13. The highest BCUT2D eigenvalue weighted by Crippen LogP contribution is 2.42. The number of hydrogen-bond donors (Lipinski definition) is 1. The lowest BCUT2D eigenvalue weighted by Gasteiger charge is -2.08. The number of rotatable bonds is 4. The van der Waals surface area contributed by atoms with Gasteiger partial charge < -0.3 is 19.5 Å². The maximum atomic E-state index is 12.4. The van der Waals surface area contributed by atoms with Crippen LogP contribution >= 0.6 is 0 Å². The van der Waals surface area contributed by atoms with E-state index in [1.54, 1.807) is 18.2 Å². The Morgan fingerprint density at radius 3 is 2.73 bits per heavy atom. The molecule has 3 rings (SSSR count). The largest absolute Gasteiger partial charge is 0.493 e. The van der Waals surface area contributed by atoms with Crippen LogP contribution < -0.4 is 19.5 Å². The summed E-state index contributed by atoms with van der Waals surface area (Å²) < 4.78 is 16.0. The summed E-state index contributed by atoms with van der Waals surface area (Å²) in [4.78, 5) is 12.4. The minimum atomic E-state index is -0.479. The molecule has 1 aliphatic heterocycles. The Hall–Kier alpha value is -3.46. The van der Waals surface area contributed by atoms with Crippen molar-refractivity contribution in [2.75, 3.05) is 19.2 Å². The number of hydrogen-bond acceptors (Lipinski definition) is 5. The molecule has 0 saturated carbocycles. The summed E-state index contributed by atoms with van der Waals surface area (Å²) in [6.45, 7) is 4.07. The third-order valence-electron chi connectivity index (χ3n) is 4.12. The third-order valence-corrected chi connectivity index (χ3v) is 4.12. The molecule has 0 fully saturated rings. The van der Waals surface area contributed by atoms with Crippen LogP contribution in [0.25, 0.3) is 6.08 Å². The van der Waals surface area contributed by atoms with Crippen LogP contribution in [-0.2, 0) is 4.79 Å². The summed E-state index contributed by atoms with van der Waals surface area (Å²) in [6.07, 6.45) is 1.49. The molecule has 0 radical (unpaired) electrons. The lowest BCUT2D eigenvalue weighted by molar-refractivity contribution is -0.112. The van der Waals surface area contributed by atoms with E-state index in [1.165, 1.54) is 13.2 Å². The minimum Gasteiger partial charge on any atom is -0.493 e. The topological polar surface area (TPSA) is 80.6 Å². The number of ether oxygens (including phenoxy) is 3. The van der Waals surface area contributed by atoms with Crippen molar-refractivity contribution >= 4 is 17.7 Å². The number of amides is 1. The molecule has 1 N–H and O–H groups in total. The third kappa shape index (κ3) is 3.47. The molecule has 0 saturated heterocycles. The van der Waals surface area contributed by atoms with Gasteiger partial charge in [0, 0.05) is 5.69 Å². The van der Waals surface area contributed by atoms with E-state index in [9.17, 15) is 10.1 Å². The first-order valence-electron chi connectivity index (χ1n) is 8.00. The van der Waals surface area contributed by atoms with E-state index in [2.05, 4.69) is 5.32 Å². The Labute approximate surface area is 151 Å². The second-order valence-electron chi connectivity index (χ2n) is 5.88. The van der Waals surface area contributed by atoms with Crippen molar-refractivity contribution in [3.05, 3.63) is 52.6 Å². The fourth-order valence-electron chi connectivity index (χ4n) is 2.57. The van der Waals surface area contributed by atoms with Crippen molar-refractivity contribution in [1.29, 1.82) is 5.26 Å². The van der Waals surface area contributed by atoms with Crippen LogP contribution in [0.5, 0.6) is 17.2 Å². The molecule has 132 valence electrons. The molecule has 1 amide bonds. The van der Waals surface area contributed by atoms with E-state index >= 15 is 0 Å². The van der Waals surface area contributed by atoms with Gasteiger partial charge >= 0.3 is 0 Å². The SMILES string of the molecule is COc1cc(/C=C(\C#N)C(=O)Nc2ccc(C)c(C)c2)cc2c1OCO2. The van der Waals surface area contributed by atoms with Gasteiger partial charge in [-0.2, -0.15) is 5.26 Å². The zero-order valence-electron chi connectivity index (χ0n) is 14.8. The molecule has 0 unspecified atom stereocenters. The number of carbonyl (C=O) groups excluding carboxylic acids is 1. The molecule has 0 bridgehead atoms. The van der Waals surface area contributed by atoms with Crippen LogP contribution in [0, 0.1) is 25.2 Å².